The maximum atomic E-state index is 12.5. The van der Waals surface area contributed by atoms with Gasteiger partial charge in [0.1, 0.15) is 0 Å². The lowest BCUT2D eigenvalue weighted by atomic mass is 9.94. The van der Waals surface area contributed by atoms with Crippen LogP contribution in [0.2, 0.25) is 0 Å². The van der Waals surface area contributed by atoms with Crippen LogP contribution >= 0.6 is 0 Å². The van der Waals surface area contributed by atoms with Crippen molar-refractivity contribution in [2.75, 3.05) is 26.2 Å². The molecular formula is C18H31N3O2. The standard InChI is InChI=1S/C18H31N3O2/c1-14(17(22)19-16-6-2-3-7-16)20-12-8-15(9-13-20)18(23)21-10-4-5-11-21/h14-16H,2-13H2,1H3,(H,19,22)/t14-/m0/s1. The molecule has 0 aromatic rings. The van der Waals surface area contributed by atoms with E-state index in [0.717, 1.165) is 64.7 Å². The van der Waals surface area contributed by atoms with E-state index < -0.39 is 0 Å². The lowest BCUT2D eigenvalue weighted by molar-refractivity contribution is -0.136. The first-order chi connectivity index (χ1) is 11.1. The predicted molar refractivity (Wildman–Crippen MR) is 90.0 cm³/mol. The third-order valence-corrected chi connectivity index (χ3v) is 5.93. The quantitative estimate of drug-likeness (QED) is 0.858. The second-order valence-corrected chi connectivity index (χ2v) is 7.51. The molecule has 2 aliphatic heterocycles. The van der Waals surface area contributed by atoms with E-state index in [2.05, 4.69) is 10.2 Å². The summed E-state index contributed by atoms with van der Waals surface area (Å²) in [5.41, 5.74) is 0. The van der Waals surface area contributed by atoms with Crippen molar-refractivity contribution in [1.82, 2.24) is 15.1 Å². The van der Waals surface area contributed by atoms with Gasteiger partial charge in [-0.05, 0) is 58.5 Å². The van der Waals surface area contributed by atoms with Gasteiger partial charge in [-0.15, -0.1) is 0 Å². The topological polar surface area (TPSA) is 52.7 Å². The molecule has 5 nitrogen and oxygen atoms in total. The van der Waals surface area contributed by atoms with Gasteiger partial charge in [-0.3, -0.25) is 14.5 Å². The fourth-order valence-electron chi connectivity index (χ4n) is 4.29. The van der Waals surface area contributed by atoms with E-state index in [4.69, 9.17) is 0 Å². The fourth-order valence-corrected chi connectivity index (χ4v) is 4.29. The first kappa shape index (κ1) is 16.7. The molecule has 2 amide bonds. The Bertz CT molecular complexity index is 420. The maximum absolute atomic E-state index is 12.5. The monoisotopic (exact) mass is 321 g/mol. The van der Waals surface area contributed by atoms with E-state index >= 15 is 0 Å². The highest BCUT2D eigenvalue weighted by Crippen LogP contribution is 2.24. The third-order valence-electron chi connectivity index (χ3n) is 5.93. The summed E-state index contributed by atoms with van der Waals surface area (Å²) in [6, 6.07) is 0.317. The molecule has 0 bridgehead atoms. The van der Waals surface area contributed by atoms with Gasteiger partial charge in [0, 0.05) is 25.0 Å². The van der Waals surface area contributed by atoms with Crippen LogP contribution in [-0.4, -0.2) is 59.9 Å². The minimum Gasteiger partial charge on any atom is -0.352 e. The van der Waals surface area contributed by atoms with Crippen molar-refractivity contribution in [3.63, 3.8) is 0 Å². The molecule has 0 radical (unpaired) electrons. The van der Waals surface area contributed by atoms with Gasteiger partial charge in [-0.2, -0.15) is 0 Å². The normalized spacial score (nSPS) is 25.7. The molecule has 2 heterocycles. The summed E-state index contributed by atoms with van der Waals surface area (Å²) in [5, 5.41) is 3.20. The Morgan fingerprint density at radius 3 is 2.13 bits per heavy atom. The highest BCUT2D eigenvalue weighted by atomic mass is 16.2. The highest BCUT2D eigenvalue weighted by Gasteiger charge is 2.33. The zero-order valence-electron chi connectivity index (χ0n) is 14.4. The van der Waals surface area contributed by atoms with Gasteiger partial charge in [0.05, 0.1) is 6.04 Å². The number of hydrogen-bond donors (Lipinski definition) is 1. The molecule has 0 unspecified atom stereocenters. The average Bonchev–Trinajstić information content (AvgIpc) is 3.27. The SMILES string of the molecule is C[C@@H](C(=O)NC1CCCC1)N1CCC(C(=O)N2CCCC2)CC1. The summed E-state index contributed by atoms with van der Waals surface area (Å²) < 4.78 is 0. The number of likely N-dealkylation sites (tertiary alicyclic amines) is 2. The van der Waals surface area contributed by atoms with Gasteiger partial charge in [-0.1, -0.05) is 12.8 Å². The van der Waals surface area contributed by atoms with Crippen LogP contribution in [0.25, 0.3) is 0 Å². The Hall–Kier alpha value is -1.10. The van der Waals surface area contributed by atoms with E-state index in [1.807, 2.05) is 11.8 Å². The molecule has 1 atom stereocenters. The van der Waals surface area contributed by atoms with Crippen LogP contribution in [0.3, 0.4) is 0 Å². The van der Waals surface area contributed by atoms with Crippen molar-refractivity contribution in [3.8, 4) is 0 Å². The van der Waals surface area contributed by atoms with Crippen molar-refractivity contribution in [2.45, 2.75) is 70.4 Å². The number of nitrogens with zero attached hydrogens (tertiary/aromatic N) is 2. The smallest absolute Gasteiger partial charge is 0.237 e. The van der Waals surface area contributed by atoms with E-state index in [1.165, 1.54) is 12.8 Å². The van der Waals surface area contributed by atoms with E-state index in [0.29, 0.717) is 11.9 Å². The average molecular weight is 321 g/mol. The Balaban J connectivity index is 1.44. The van der Waals surface area contributed by atoms with Crippen molar-refractivity contribution in [1.29, 1.82) is 0 Å². The molecule has 0 aromatic heterocycles. The van der Waals surface area contributed by atoms with Crippen molar-refractivity contribution >= 4 is 11.8 Å². The van der Waals surface area contributed by atoms with Crippen LogP contribution in [0, 0.1) is 5.92 Å². The molecule has 130 valence electrons. The van der Waals surface area contributed by atoms with Crippen LogP contribution in [0.4, 0.5) is 0 Å². The van der Waals surface area contributed by atoms with Gasteiger partial charge in [0.25, 0.3) is 0 Å². The number of rotatable bonds is 4. The second kappa shape index (κ2) is 7.65. The zero-order valence-corrected chi connectivity index (χ0v) is 14.4. The number of hydrogen-bond acceptors (Lipinski definition) is 3. The number of nitrogens with one attached hydrogen (secondary N) is 1. The van der Waals surface area contributed by atoms with Crippen LogP contribution in [0.5, 0.6) is 0 Å². The van der Waals surface area contributed by atoms with E-state index in [-0.39, 0.29) is 17.9 Å². The highest BCUT2D eigenvalue weighted by molar-refractivity contribution is 5.82. The molecule has 1 N–H and O–H groups in total. The summed E-state index contributed by atoms with van der Waals surface area (Å²) in [6.45, 7) is 5.62. The Labute approximate surface area is 139 Å². The first-order valence-electron chi connectivity index (χ1n) is 9.48. The van der Waals surface area contributed by atoms with E-state index in [1.54, 1.807) is 0 Å². The number of carbonyl (C=O) groups excluding carboxylic acids is 2. The number of amides is 2. The second-order valence-electron chi connectivity index (χ2n) is 7.51. The Kier molecular flexibility index (Phi) is 5.57. The number of carbonyl (C=O) groups is 2. The van der Waals surface area contributed by atoms with Crippen molar-refractivity contribution in [3.05, 3.63) is 0 Å². The zero-order chi connectivity index (χ0) is 16.2. The van der Waals surface area contributed by atoms with Crippen LogP contribution in [0.15, 0.2) is 0 Å². The van der Waals surface area contributed by atoms with Gasteiger partial charge >= 0.3 is 0 Å². The molecule has 1 saturated carbocycles. The minimum absolute atomic E-state index is 0.0709. The summed E-state index contributed by atoms with van der Waals surface area (Å²) in [6.07, 6.45) is 8.85. The van der Waals surface area contributed by atoms with Crippen LogP contribution in [0.1, 0.15) is 58.3 Å². The third kappa shape index (κ3) is 4.06. The van der Waals surface area contributed by atoms with Crippen molar-refractivity contribution in [2.24, 2.45) is 5.92 Å². The molecule has 3 fully saturated rings. The molecule has 1 aliphatic carbocycles. The van der Waals surface area contributed by atoms with E-state index in [9.17, 15) is 9.59 Å². The maximum Gasteiger partial charge on any atom is 0.237 e. The van der Waals surface area contributed by atoms with Crippen molar-refractivity contribution < 1.29 is 9.59 Å². The lowest BCUT2D eigenvalue weighted by Crippen LogP contribution is -2.51. The van der Waals surface area contributed by atoms with Gasteiger partial charge < -0.3 is 10.2 Å². The summed E-state index contributed by atoms with van der Waals surface area (Å²) >= 11 is 0. The Morgan fingerprint density at radius 2 is 1.52 bits per heavy atom. The van der Waals surface area contributed by atoms with Gasteiger partial charge in [0.15, 0.2) is 0 Å². The number of piperidine rings is 1. The molecule has 23 heavy (non-hydrogen) atoms. The first-order valence-corrected chi connectivity index (χ1v) is 9.48. The van der Waals surface area contributed by atoms with Crippen LogP contribution in [-0.2, 0) is 9.59 Å². The van der Waals surface area contributed by atoms with Gasteiger partial charge in [0.2, 0.25) is 11.8 Å². The molecular weight excluding hydrogens is 290 g/mol. The summed E-state index contributed by atoms with van der Waals surface area (Å²) in [7, 11) is 0. The largest absolute Gasteiger partial charge is 0.352 e. The van der Waals surface area contributed by atoms with Gasteiger partial charge in [-0.25, -0.2) is 0 Å². The molecule has 0 spiro atoms. The predicted octanol–water partition coefficient (Wildman–Crippen LogP) is 1.77. The summed E-state index contributed by atoms with van der Waals surface area (Å²) in [4.78, 5) is 29.2. The molecule has 2 saturated heterocycles. The van der Waals surface area contributed by atoms with Crippen LogP contribution < -0.4 is 5.32 Å². The fraction of sp³-hybridized carbons (Fsp3) is 0.889. The molecule has 3 rings (SSSR count). The Morgan fingerprint density at radius 1 is 0.913 bits per heavy atom. The molecule has 3 aliphatic rings. The minimum atomic E-state index is -0.0709. The molecule has 5 heteroatoms. The lowest BCUT2D eigenvalue weighted by Gasteiger charge is -2.36. The molecule has 0 aromatic carbocycles. The summed E-state index contributed by atoms with van der Waals surface area (Å²) in [5.74, 6) is 0.695.